The Kier molecular flexibility index (Phi) is 7.54. The molecule has 6 atom stereocenters. The molecule has 0 saturated heterocycles. The first kappa shape index (κ1) is 23.1. The first-order chi connectivity index (χ1) is 16.3. The monoisotopic (exact) mass is 451 g/mol. The van der Waals surface area contributed by atoms with E-state index in [2.05, 4.69) is 33.0 Å². The van der Waals surface area contributed by atoms with E-state index in [1.165, 1.54) is 89.9 Å². The Morgan fingerprint density at radius 2 is 1.52 bits per heavy atom. The van der Waals surface area contributed by atoms with E-state index < -0.39 is 0 Å². The molecule has 4 aliphatic carbocycles. The maximum absolute atomic E-state index is 5.81. The summed E-state index contributed by atoms with van der Waals surface area (Å²) >= 11 is 0. The van der Waals surface area contributed by atoms with Gasteiger partial charge in [-0.3, -0.25) is 0 Å². The van der Waals surface area contributed by atoms with Gasteiger partial charge >= 0.3 is 0 Å². The van der Waals surface area contributed by atoms with Gasteiger partial charge in [0.2, 0.25) is 0 Å². The van der Waals surface area contributed by atoms with Crippen molar-refractivity contribution in [1.82, 2.24) is 15.0 Å². The molecule has 2 aromatic heterocycles. The van der Waals surface area contributed by atoms with Gasteiger partial charge in [-0.25, -0.2) is 9.97 Å². The zero-order valence-electron chi connectivity index (χ0n) is 20.7. The van der Waals surface area contributed by atoms with Crippen LogP contribution in [0.15, 0.2) is 18.6 Å². The van der Waals surface area contributed by atoms with E-state index in [9.17, 15) is 0 Å². The molecule has 0 amide bonds. The number of nitrogens with two attached hydrogens (primary N) is 1. The van der Waals surface area contributed by atoms with Gasteiger partial charge in [-0.05, 0) is 67.9 Å². The highest BCUT2D eigenvalue weighted by Crippen LogP contribution is 2.44. The Morgan fingerprint density at radius 1 is 0.848 bits per heavy atom. The van der Waals surface area contributed by atoms with Crippen molar-refractivity contribution in [2.75, 3.05) is 18.5 Å². The van der Waals surface area contributed by atoms with E-state index >= 15 is 0 Å². The zero-order chi connectivity index (χ0) is 22.6. The molecule has 5 heteroatoms. The second kappa shape index (κ2) is 10.8. The first-order valence-corrected chi connectivity index (χ1v) is 14.0. The van der Waals surface area contributed by atoms with E-state index in [0.29, 0.717) is 6.04 Å². The van der Waals surface area contributed by atoms with Gasteiger partial charge in [0.05, 0.1) is 5.39 Å². The Bertz CT molecular complexity index is 867. The molecule has 0 spiro atoms. The summed E-state index contributed by atoms with van der Waals surface area (Å²) < 4.78 is 0. The van der Waals surface area contributed by atoms with Gasteiger partial charge < -0.3 is 15.6 Å². The lowest BCUT2D eigenvalue weighted by molar-refractivity contribution is 0.108. The summed E-state index contributed by atoms with van der Waals surface area (Å²) in [6, 6.07) is 2.75. The lowest BCUT2D eigenvalue weighted by atomic mass is 9.65. The second-order valence-corrected chi connectivity index (χ2v) is 11.4. The van der Waals surface area contributed by atoms with Gasteiger partial charge in [0.1, 0.15) is 17.8 Å². The van der Waals surface area contributed by atoms with Crippen LogP contribution in [0.4, 0.5) is 5.82 Å². The highest BCUT2D eigenvalue weighted by molar-refractivity contribution is 5.87. The third kappa shape index (κ3) is 4.94. The fourth-order valence-electron chi connectivity index (χ4n) is 8.05. The van der Waals surface area contributed by atoms with Crippen molar-refractivity contribution >= 4 is 16.9 Å². The van der Waals surface area contributed by atoms with E-state index in [1.54, 1.807) is 6.33 Å². The molecule has 4 saturated carbocycles. The topological polar surface area (TPSA) is 70.8 Å². The van der Waals surface area contributed by atoms with Crippen LogP contribution in [-0.2, 0) is 0 Å². The van der Waals surface area contributed by atoms with Crippen LogP contribution in [-0.4, -0.2) is 34.6 Å². The van der Waals surface area contributed by atoms with Crippen molar-refractivity contribution in [3.63, 3.8) is 0 Å². The van der Waals surface area contributed by atoms with Gasteiger partial charge in [0, 0.05) is 19.3 Å². The van der Waals surface area contributed by atoms with Gasteiger partial charge in [-0.15, -0.1) is 0 Å². The van der Waals surface area contributed by atoms with Crippen LogP contribution >= 0.6 is 0 Å². The molecular formula is C28H45N5. The van der Waals surface area contributed by atoms with Crippen LogP contribution in [0.1, 0.15) is 89.9 Å². The van der Waals surface area contributed by atoms with Gasteiger partial charge in [-0.1, -0.05) is 64.2 Å². The summed E-state index contributed by atoms with van der Waals surface area (Å²) in [5.41, 5.74) is 6.76. The SMILES string of the molecule is CN(c1ncnc2[nH]ccc12)C1CCCC2CCCCC21.NCC1CCCC2CCCCC12. The quantitative estimate of drug-likeness (QED) is 0.574. The number of rotatable bonds is 3. The fraction of sp³-hybridized carbons (Fsp3) is 0.786. The van der Waals surface area contributed by atoms with Gasteiger partial charge in [0.15, 0.2) is 0 Å². The lowest BCUT2D eigenvalue weighted by Gasteiger charge is -2.45. The molecule has 4 aliphatic rings. The average Bonchev–Trinajstić information content (AvgIpc) is 3.37. The van der Waals surface area contributed by atoms with Crippen molar-refractivity contribution in [1.29, 1.82) is 0 Å². The number of fused-ring (bicyclic) bond motifs is 3. The highest BCUT2D eigenvalue weighted by atomic mass is 15.2. The van der Waals surface area contributed by atoms with Crippen molar-refractivity contribution in [2.45, 2.75) is 95.9 Å². The standard InChI is InChI=1S/C17H24N4.C11H21N/c1-21(17-14-9-10-18-16(14)19-11-20-17)15-8-4-6-12-5-2-3-7-13(12)15;12-8-10-6-3-5-9-4-1-2-7-11(9)10/h9-13,15H,2-8H2,1H3,(H,18,19,20);9-11H,1-8,12H2. The third-order valence-electron chi connectivity index (χ3n) is 9.73. The van der Waals surface area contributed by atoms with Crippen molar-refractivity contribution in [2.24, 2.45) is 35.3 Å². The minimum Gasteiger partial charge on any atom is -0.356 e. The van der Waals surface area contributed by atoms with Crippen LogP contribution in [0.3, 0.4) is 0 Å². The molecule has 3 N–H and O–H groups in total. The number of nitrogens with zero attached hydrogens (tertiary/aromatic N) is 3. The predicted octanol–water partition coefficient (Wildman–Crippen LogP) is 6.30. The summed E-state index contributed by atoms with van der Waals surface area (Å²) in [7, 11) is 2.23. The highest BCUT2D eigenvalue weighted by Gasteiger charge is 2.37. The Balaban J connectivity index is 0.000000162. The molecule has 6 rings (SSSR count). The van der Waals surface area contributed by atoms with Crippen LogP contribution in [0.25, 0.3) is 11.0 Å². The fourth-order valence-corrected chi connectivity index (χ4v) is 8.05. The number of hydrogen-bond acceptors (Lipinski definition) is 4. The first-order valence-electron chi connectivity index (χ1n) is 14.0. The molecule has 2 heterocycles. The molecule has 6 unspecified atom stereocenters. The number of aromatic nitrogens is 3. The number of hydrogen-bond donors (Lipinski definition) is 2. The van der Waals surface area contributed by atoms with Crippen molar-refractivity contribution in [3.8, 4) is 0 Å². The van der Waals surface area contributed by atoms with Gasteiger partial charge in [0.25, 0.3) is 0 Å². The zero-order valence-corrected chi connectivity index (χ0v) is 20.7. The summed E-state index contributed by atoms with van der Waals surface area (Å²) in [6.07, 6.45) is 23.8. The number of H-pyrrole nitrogens is 1. The largest absolute Gasteiger partial charge is 0.356 e. The molecule has 0 aromatic carbocycles. The molecule has 0 aliphatic heterocycles. The molecular weight excluding hydrogens is 406 g/mol. The normalized spacial score (nSPS) is 34.0. The smallest absolute Gasteiger partial charge is 0.142 e. The number of nitrogens with one attached hydrogen (secondary N) is 1. The van der Waals surface area contributed by atoms with Crippen molar-refractivity contribution < 1.29 is 0 Å². The Hall–Kier alpha value is -1.62. The Morgan fingerprint density at radius 3 is 2.30 bits per heavy atom. The van der Waals surface area contributed by atoms with Crippen LogP contribution in [0.5, 0.6) is 0 Å². The van der Waals surface area contributed by atoms with E-state index in [-0.39, 0.29) is 0 Å². The van der Waals surface area contributed by atoms with Crippen LogP contribution in [0, 0.1) is 29.6 Å². The molecule has 2 aromatic rings. The molecule has 0 bridgehead atoms. The van der Waals surface area contributed by atoms with E-state index in [0.717, 1.165) is 53.0 Å². The molecule has 0 radical (unpaired) electrons. The maximum Gasteiger partial charge on any atom is 0.142 e. The second-order valence-electron chi connectivity index (χ2n) is 11.4. The molecule has 33 heavy (non-hydrogen) atoms. The summed E-state index contributed by atoms with van der Waals surface area (Å²) in [5, 5.41) is 1.15. The number of anilines is 1. The third-order valence-corrected chi connectivity index (χ3v) is 9.73. The van der Waals surface area contributed by atoms with Crippen LogP contribution < -0.4 is 10.6 Å². The van der Waals surface area contributed by atoms with Gasteiger partial charge in [-0.2, -0.15) is 0 Å². The number of aromatic amines is 1. The molecule has 5 nitrogen and oxygen atoms in total. The minimum absolute atomic E-state index is 0.650. The van der Waals surface area contributed by atoms with E-state index in [4.69, 9.17) is 5.73 Å². The van der Waals surface area contributed by atoms with E-state index in [1.807, 2.05) is 6.20 Å². The maximum atomic E-state index is 5.81. The Labute approximate surface area is 200 Å². The summed E-state index contributed by atoms with van der Waals surface area (Å²) in [4.78, 5) is 14.5. The average molecular weight is 452 g/mol. The molecule has 4 fully saturated rings. The summed E-state index contributed by atoms with van der Waals surface area (Å²) in [5.74, 6) is 5.85. The van der Waals surface area contributed by atoms with Crippen LogP contribution in [0.2, 0.25) is 0 Å². The predicted molar refractivity (Wildman–Crippen MR) is 137 cm³/mol. The summed E-state index contributed by atoms with van der Waals surface area (Å²) in [6.45, 7) is 0.946. The van der Waals surface area contributed by atoms with Crippen molar-refractivity contribution in [3.05, 3.63) is 18.6 Å². The molecule has 182 valence electrons. The lowest BCUT2D eigenvalue weighted by Crippen LogP contribution is -2.45. The minimum atomic E-state index is 0.650.